The van der Waals surface area contributed by atoms with Crippen LogP contribution in [0.3, 0.4) is 0 Å². The molecule has 0 aliphatic carbocycles. The van der Waals surface area contributed by atoms with Crippen LogP contribution in [0, 0.1) is 6.92 Å². The Morgan fingerprint density at radius 2 is 2.21 bits per heavy atom. The van der Waals surface area contributed by atoms with Crippen molar-refractivity contribution in [2.45, 2.75) is 13.3 Å². The molecule has 0 bridgehead atoms. The van der Waals surface area contributed by atoms with Gasteiger partial charge in [-0.1, -0.05) is 0 Å². The van der Waals surface area contributed by atoms with Crippen LogP contribution in [0.2, 0.25) is 0 Å². The summed E-state index contributed by atoms with van der Waals surface area (Å²) in [4.78, 5) is 24.2. The fraction of sp³-hybridized carbons (Fsp3) is 0.333. The number of aromatic nitrogens is 3. The molecular formula is C12H15N5OS. The lowest BCUT2D eigenvalue weighted by Gasteiger charge is -2.04. The molecule has 100 valence electrons. The van der Waals surface area contributed by atoms with Crippen LogP contribution in [0.5, 0.6) is 0 Å². The van der Waals surface area contributed by atoms with E-state index in [1.165, 1.54) is 12.4 Å². The lowest BCUT2D eigenvalue weighted by molar-refractivity contribution is 0.0949. The molecule has 7 heteroatoms. The summed E-state index contributed by atoms with van der Waals surface area (Å²) in [6.45, 7) is 2.50. The quantitative estimate of drug-likeness (QED) is 0.860. The molecule has 0 aliphatic heterocycles. The van der Waals surface area contributed by atoms with Crippen molar-refractivity contribution >= 4 is 23.1 Å². The third-order valence-electron chi connectivity index (χ3n) is 2.47. The Balaban J connectivity index is 1.83. The maximum atomic E-state index is 11.8. The van der Waals surface area contributed by atoms with Crippen molar-refractivity contribution in [3.8, 4) is 0 Å². The van der Waals surface area contributed by atoms with Crippen LogP contribution in [0.25, 0.3) is 0 Å². The van der Waals surface area contributed by atoms with Crippen molar-refractivity contribution in [1.82, 2.24) is 20.3 Å². The van der Waals surface area contributed by atoms with Gasteiger partial charge in [0.2, 0.25) is 0 Å². The Labute approximate surface area is 115 Å². The molecule has 0 radical (unpaired) electrons. The third kappa shape index (κ3) is 3.72. The predicted molar refractivity (Wildman–Crippen MR) is 74.5 cm³/mol. The number of aryl methyl sites for hydroxylation is 1. The molecule has 2 heterocycles. The molecule has 6 nitrogen and oxygen atoms in total. The molecule has 0 fully saturated rings. The number of nitrogens with zero attached hydrogens (tertiary/aromatic N) is 3. The van der Waals surface area contributed by atoms with Gasteiger partial charge in [0.05, 0.1) is 23.1 Å². The van der Waals surface area contributed by atoms with Gasteiger partial charge in [0.25, 0.3) is 5.91 Å². The van der Waals surface area contributed by atoms with E-state index in [0.29, 0.717) is 18.1 Å². The zero-order valence-electron chi connectivity index (χ0n) is 10.8. The van der Waals surface area contributed by atoms with E-state index in [-0.39, 0.29) is 5.91 Å². The van der Waals surface area contributed by atoms with Crippen molar-refractivity contribution in [3.63, 3.8) is 0 Å². The van der Waals surface area contributed by atoms with Crippen LogP contribution in [0.15, 0.2) is 17.8 Å². The Bertz CT molecular complexity index is 552. The van der Waals surface area contributed by atoms with E-state index in [4.69, 9.17) is 0 Å². The molecule has 1 amide bonds. The highest BCUT2D eigenvalue weighted by molar-refractivity contribution is 7.09. The van der Waals surface area contributed by atoms with Crippen molar-refractivity contribution in [3.05, 3.63) is 34.2 Å². The van der Waals surface area contributed by atoms with Crippen LogP contribution in [0.1, 0.15) is 21.2 Å². The number of anilines is 1. The molecule has 0 unspecified atom stereocenters. The van der Waals surface area contributed by atoms with E-state index in [9.17, 15) is 4.79 Å². The zero-order chi connectivity index (χ0) is 13.7. The molecule has 2 N–H and O–H groups in total. The van der Waals surface area contributed by atoms with Crippen molar-refractivity contribution in [2.75, 3.05) is 18.9 Å². The maximum Gasteiger partial charge on any atom is 0.271 e. The smallest absolute Gasteiger partial charge is 0.271 e. The average molecular weight is 277 g/mol. The zero-order valence-corrected chi connectivity index (χ0v) is 11.6. The molecule has 0 aromatic carbocycles. The first-order valence-corrected chi connectivity index (χ1v) is 6.76. The largest absolute Gasteiger partial charge is 0.372 e. The number of carbonyl (C=O) groups is 1. The molecule has 0 saturated carbocycles. The van der Waals surface area contributed by atoms with Gasteiger partial charge in [0.15, 0.2) is 0 Å². The Morgan fingerprint density at radius 1 is 1.37 bits per heavy atom. The predicted octanol–water partition coefficient (Wildman–Crippen LogP) is 1.26. The van der Waals surface area contributed by atoms with Crippen LogP contribution < -0.4 is 10.6 Å². The second-order valence-corrected chi connectivity index (χ2v) is 4.96. The summed E-state index contributed by atoms with van der Waals surface area (Å²) in [5.74, 6) is 0.414. The van der Waals surface area contributed by atoms with Gasteiger partial charge in [-0.3, -0.25) is 4.79 Å². The fourth-order valence-electron chi connectivity index (χ4n) is 1.49. The first-order valence-electron chi connectivity index (χ1n) is 5.88. The van der Waals surface area contributed by atoms with Crippen LogP contribution in [0.4, 0.5) is 5.82 Å². The molecule has 2 aromatic rings. The second-order valence-electron chi connectivity index (χ2n) is 3.90. The Hall–Kier alpha value is -2.02. The molecule has 2 aromatic heterocycles. The van der Waals surface area contributed by atoms with Gasteiger partial charge < -0.3 is 10.6 Å². The van der Waals surface area contributed by atoms with Crippen molar-refractivity contribution < 1.29 is 4.79 Å². The highest BCUT2D eigenvalue weighted by Gasteiger charge is 2.07. The number of carbonyl (C=O) groups excluding carboxylic acids is 1. The van der Waals surface area contributed by atoms with Crippen LogP contribution in [-0.2, 0) is 6.42 Å². The fourth-order valence-corrected chi connectivity index (χ4v) is 2.14. The second kappa shape index (κ2) is 6.24. The van der Waals surface area contributed by atoms with Gasteiger partial charge in [-0.15, -0.1) is 11.3 Å². The Morgan fingerprint density at radius 3 is 2.79 bits per heavy atom. The molecule has 2 rings (SSSR count). The third-order valence-corrected chi connectivity index (χ3v) is 3.30. The minimum absolute atomic E-state index is 0.220. The van der Waals surface area contributed by atoms with Crippen LogP contribution >= 0.6 is 11.3 Å². The minimum atomic E-state index is -0.220. The Kier molecular flexibility index (Phi) is 4.40. The summed E-state index contributed by atoms with van der Waals surface area (Å²) in [6.07, 6.45) is 3.70. The first-order chi connectivity index (χ1) is 9.19. The minimum Gasteiger partial charge on any atom is -0.372 e. The van der Waals surface area contributed by atoms with E-state index in [1.54, 1.807) is 18.4 Å². The van der Waals surface area contributed by atoms with E-state index >= 15 is 0 Å². The van der Waals surface area contributed by atoms with Gasteiger partial charge >= 0.3 is 0 Å². The average Bonchev–Trinajstić information content (AvgIpc) is 2.84. The number of hydrogen-bond acceptors (Lipinski definition) is 6. The summed E-state index contributed by atoms with van der Waals surface area (Å²) < 4.78 is 0. The molecule has 0 spiro atoms. The lowest BCUT2D eigenvalue weighted by Crippen LogP contribution is -2.26. The van der Waals surface area contributed by atoms with Crippen molar-refractivity contribution in [2.24, 2.45) is 0 Å². The molecule has 19 heavy (non-hydrogen) atoms. The SMILES string of the molecule is CNc1cnc(C(=O)NCCc2csc(C)n2)cn1. The summed E-state index contributed by atoms with van der Waals surface area (Å²) in [7, 11) is 1.75. The number of nitrogens with one attached hydrogen (secondary N) is 2. The van der Waals surface area contributed by atoms with Gasteiger partial charge in [0, 0.05) is 25.4 Å². The van der Waals surface area contributed by atoms with E-state index in [2.05, 4.69) is 25.6 Å². The number of rotatable bonds is 5. The molecule has 0 saturated heterocycles. The lowest BCUT2D eigenvalue weighted by atomic mass is 10.3. The van der Waals surface area contributed by atoms with Gasteiger partial charge in [0.1, 0.15) is 11.5 Å². The van der Waals surface area contributed by atoms with E-state index in [0.717, 1.165) is 17.1 Å². The van der Waals surface area contributed by atoms with Crippen LogP contribution in [-0.4, -0.2) is 34.5 Å². The monoisotopic (exact) mass is 277 g/mol. The highest BCUT2D eigenvalue weighted by atomic mass is 32.1. The van der Waals surface area contributed by atoms with Gasteiger partial charge in [-0.05, 0) is 6.92 Å². The number of thiazole rings is 1. The van der Waals surface area contributed by atoms with Crippen molar-refractivity contribution in [1.29, 1.82) is 0 Å². The van der Waals surface area contributed by atoms with E-state index in [1.807, 2.05) is 12.3 Å². The normalized spacial score (nSPS) is 10.2. The summed E-state index contributed by atoms with van der Waals surface area (Å²) >= 11 is 1.61. The summed E-state index contributed by atoms with van der Waals surface area (Å²) in [6, 6.07) is 0. The summed E-state index contributed by atoms with van der Waals surface area (Å²) in [5.41, 5.74) is 1.31. The molecular weight excluding hydrogens is 262 g/mol. The molecule has 0 atom stereocenters. The van der Waals surface area contributed by atoms with Gasteiger partial charge in [-0.2, -0.15) is 0 Å². The topological polar surface area (TPSA) is 79.8 Å². The first kappa shape index (κ1) is 13.4. The molecule has 0 aliphatic rings. The van der Waals surface area contributed by atoms with Gasteiger partial charge in [-0.25, -0.2) is 15.0 Å². The highest BCUT2D eigenvalue weighted by Crippen LogP contribution is 2.07. The standard InChI is InChI=1S/C12H15N5OS/c1-8-17-9(7-19-8)3-4-14-12(18)10-5-16-11(13-2)6-15-10/h5-7H,3-4H2,1-2H3,(H,13,16)(H,14,18). The maximum absolute atomic E-state index is 11.8. The van der Waals surface area contributed by atoms with E-state index < -0.39 is 0 Å². The number of hydrogen-bond donors (Lipinski definition) is 2. The summed E-state index contributed by atoms with van der Waals surface area (Å²) in [5, 5.41) is 8.68. The number of amides is 1.